The quantitative estimate of drug-likeness (QED) is 0.671. The van der Waals surface area contributed by atoms with Gasteiger partial charge in [0.25, 0.3) is 0 Å². The number of likely N-dealkylation sites (tertiary alicyclic amines) is 1. The van der Waals surface area contributed by atoms with E-state index >= 15 is 0 Å². The lowest BCUT2D eigenvalue weighted by molar-refractivity contribution is -0.00491. The van der Waals surface area contributed by atoms with Crippen LogP contribution in [0.5, 0.6) is 0 Å². The number of hydrogen-bond acceptors (Lipinski definition) is 4. The molecule has 4 nitrogen and oxygen atoms in total. The third kappa shape index (κ3) is 6.21. The number of piperidine rings is 1. The number of aliphatic hydroxyl groups is 1. The first-order chi connectivity index (χ1) is 9.13. The van der Waals surface area contributed by atoms with Crippen LogP contribution in [0.25, 0.3) is 0 Å². The molecule has 4 heteroatoms. The Bertz CT molecular complexity index is 232. The Morgan fingerprint density at radius 1 is 1.42 bits per heavy atom. The summed E-state index contributed by atoms with van der Waals surface area (Å²) in [6.45, 7) is 8.66. The highest BCUT2D eigenvalue weighted by molar-refractivity contribution is 4.79. The fourth-order valence-corrected chi connectivity index (χ4v) is 2.69. The Balaban J connectivity index is 2.21. The van der Waals surface area contributed by atoms with Crippen molar-refractivity contribution in [1.82, 2.24) is 4.90 Å². The summed E-state index contributed by atoms with van der Waals surface area (Å²) in [6, 6.07) is 0. The van der Waals surface area contributed by atoms with Crippen molar-refractivity contribution < 1.29 is 9.84 Å². The first-order valence-corrected chi connectivity index (χ1v) is 7.90. The lowest BCUT2D eigenvalue weighted by Crippen LogP contribution is -2.42. The molecule has 1 heterocycles. The maximum Gasteiger partial charge on any atom is 0.0767 e. The summed E-state index contributed by atoms with van der Waals surface area (Å²) in [6.07, 6.45) is 6.48. The Hall–Kier alpha value is -0.160. The molecule has 0 amide bonds. The molecule has 0 aromatic rings. The molecule has 2 unspecified atom stereocenters. The van der Waals surface area contributed by atoms with E-state index in [1.165, 1.54) is 19.4 Å². The number of ether oxygens (including phenoxy) is 1. The van der Waals surface area contributed by atoms with Gasteiger partial charge >= 0.3 is 0 Å². The first-order valence-electron chi connectivity index (χ1n) is 7.90. The topological polar surface area (TPSA) is 58.7 Å². The van der Waals surface area contributed by atoms with Crippen LogP contribution in [0.1, 0.15) is 52.4 Å². The second kappa shape index (κ2) is 8.90. The summed E-state index contributed by atoms with van der Waals surface area (Å²) >= 11 is 0. The summed E-state index contributed by atoms with van der Waals surface area (Å²) in [4.78, 5) is 2.47. The van der Waals surface area contributed by atoms with Gasteiger partial charge < -0.3 is 20.5 Å². The van der Waals surface area contributed by atoms with Crippen LogP contribution in [0.15, 0.2) is 0 Å². The molecule has 1 aliphatic rings. The van der Waals surface area contributed by atoms with Crippen LogP contribution in [0.4, 0.5) is 0 Å². The fraction of sp³-hybridized carbons (Fsp3) is 1.00. The highest BCUT2D eigenvalue weighted by atomic mass is 16.5. The molecule has 0 bridgehead atoms. The van der Waals surface area contributed by atoms with Gasteiger partial charge in [0.1, 0.15) is 0 Å². The van der Waals surface area contributed by atoms with Crippen molar-refractivity contribution >= 4 is 0 Å². The van der Waals surface area contributed by atoms with Crippen LogP contribution in [0.2, 0.25) is 0 Å². The lowest BCUT2D eigenvalue weighted by Gasteiger charge is -2.33. The summed E-state index contributed by atoms with van der Waals surface area (Å²) in [5.74, 6) is 0. The van der Waals surface area contributed by atoms with E-state index in [1.807, 2.05) is 6.92 Å². The molecule has 1 rings (SSSR count). The molecule has 0 aromatic heterocycles. The van der Waals surface area contributed by atoms with E-state index in [0.29, 0.717) is 12.6 Å². The molecule has 1 saturated heterocycles. The zero-order valence-electron chi connectivity index (χ0n) is 12.7. The van der Waals surface area contributed by atoms with Crippen molar-refractivity contribution in [3.63, 3.8) is 0 Å². The minimum atomic E-state index is -0.659. The molecule has 1 aliphatic heterocycles. The second-order valence-electron chi connectivity index (χ2n) is 5.82. The highest BCUT2D eigenvalue weighted by Gasteiger charge is 2.24. The van der Waals surface area contributed by atoms with Crippen molar-refractivity contribution in [1.29, 1.82) is 0 Å². The molecule has 2 atom stereocenters. The Kier molecular flexibility index (Phi) is 7.91. The minimum absolute atomic E-state index is 0.367. The maximum atomic E-state index is 10.2. The SMILES string of the molecule is CCCOC1CCCN(CCCC(O)(CC)CN)C1. The largest absolute Gasteiger partial charge is 0.389 e. The predicted molar refractivity (Wildman–Crippen MR) is 79.2 cm³/mol. The van der Waals surface area contributed by atoms with Gasteiger partial charge in [0.05, 0.1) is 11.7 Å². The molecule has 19 heavy (non-hydrogen) atoms. The van der Waals surface area contributed by atoms with Gasteiger partial charge in [-0.15, -0.1) is 0 Å². The van der Waals surface area contributed by atoms with E-state index in [4.69, 9.17) is 10.5 Å². The van der Waals surface area contributed by atoms with Crippen molar-refractivity contribution in [3.8, 4) is 0 Å². The van der Waals surface area contributed by atoms with E-state index in [0.717, 1.165) is 45.4 Å². The number of nitrogens with two attached hydrogens (primary N) is 1. The molecule has 0 radical (unpaired) electrons. The normalized spacial score (nSPS) is 24.3. The Morgan fingerprint density at radius 3 is 2.84 bits per heavy atom. The van der Waals surface area contributed by atoms with Crippen molar-refractivity contribution in [3.05, 3.63) is 0 Å². The molecular formula is C15H32N2O2. The number of hydrogen-bond donors (Lipinski definition) is 2. The van der Waals surface area contributed by atoms with E-state index < -0.39 is 5.60 Å². The van der Waals surface area contributed by atoms with Gasteiger partial charge in [-0.05, 0) is 51.6 Å². The summed E-state index contributed by atoms with van der Waals surface area (Å²) in [5.41, 5.74) is 4.97. The molecule has 0 saturated carbocycles. The smallest absolute Gasteiger partial charge is 0.0767 e. The van der Waals surface area contributed by atoms with E-state index in [2.05, 4.69) is 11.8 Å². The second-order valence-corrected chi connectivity index (χ2v) is 5.82. The maximum absolute atomic E-state index is 10.2. The molecule has 0 spiro atoms. The van der Waals surface area contributed by atoms with Crippen LogP contribution in [0, 0.1) is 0 Å². The van der Waals surface area contributed by atoms with Gasteiger partial charge in [-0.2, -0.15) is 0 Å². The third-order valence-electron chi connectivity index (χ3n) is 4.17. The zero-order chi connectivity index (χ0) is 14.1. The molecule has 3 N–H and O–H groups in total. The lowest BCUT2D eigenvalue weighted by atomic mass is 9.94. The van der Waals surface area contributed by atoms with E-state index in [-0.39, 0.29) is 0 Å². The van der Waals surface area contributed by atoms with E-state index in [1.54, 1.807) is 0 Å². The monoisotopic (exact) mass is 272 g/mol. The zero-order valence-corrected chi connectivity index (χ0v) is 12.7. The van der Waals surface area contributed by atoms with Gasteiger partial charge in [0.2, 0.25) is 0 Å². The Morgan fingerprint density at radius 2 is 2.21 bits per heavy atom. The van der Waals surface area contributed by atoms with E-state index in [9.17, 15) is 5.11 Å². The molecule has 114 valence electrons. The van der Waals surface area contributed by atoms with Gasteiger partial charge in [-0.25, -0.2) is 0 Å². The van der Waals surface area contributed by atoms with Crippen LogP contribution >= 0.6 is 0 Å². The molecule has 0 aliphatic carbocycles. The average Bonchev–Trinajstić information content (AvgIpc) is 2.45. The van der Waals surface area contributed by atoms with Crippen molar-refractivity contribution in [2.75, 3.05) is 32.8 Å². The van der Waals surface area contributed by atoms with Gasteiger partial charge in [-0.1, -0.05) is 13.8 Å². The summed E-state index contributed by atoms with van der Waals surface area (Å²) < 4.78 is 5.84. The van der Waals surface area contributed by atoms with Gasteiger partial charge in [0.15, 0.2) is 0 Å². The summed E-state index contributed by atoms with van der Waals surface area (Å²) in [7, 11) is 0. The van der Waals surface area contributed by atoms with Gasteiger partial charge in [0, 0.05) is 19.7 Å². The fourth-order valence-electron chi connectivity index (χ4n) is 2.69. The molecule has 0 aromatic carbocycles. The highest BCUT2D eigenvalue weighted by Crippen LogP contribution is 2.18. The van der Waals surface area contributed by atoms with Crippen LogP contribution in [-0.4, -0.2) is 54.5 Å². The standard InChI is InChI=1S/C15H32N2O2/c1-3-11-19-14-7-5-9-17(12-14)10-6-8-15(18,4-2)13-16/h14,18H,3-13,16H2,1-2H3. The van der Waals surface area contributed by atoms with Gasteiger partial charge in [-0.3, -0.25) is 0 Å². The predicted octanol–water partition coefficient (Wildman–Crippen LogP) is 1.76. The van der Waals surface area contributed by atoms with Crippen LogP contribution in [-0.2, 0) is 4.74 Å². The van der Waals surface area contributed by atoms with Crippen molar-refractivity contribution in [2.24, 2.45) is 5.73 Å². The third-order valence-corrected chi connectivity index (χ3v) is 4.17. The minimum Gasteiger partial charge on any atom is -0.389 e. The van der Waals surface area contributed by atoms with Crippen LogP contribution in [0.3, 0.4) is 0 Å². The summed E-state index contributed by atoms with van der Waals surface area (Å²) in [5, 5.41) is 10.2. The number of rotatable bonds is 9. The van der Waals surface area contributed by atoms with Crippen LogP contribution < -0.4 is 5.73 Å². The first kappa shape index (κ1) is 16.9. The number of nitrogens with zero attached hydrogens (tertiary/aromatic N) is 1. The molecule has 1 fully saturated rings. The van der Waals surface area contributed by atoms with Crippen molar-refractivity contribution in [2.45, 2.75) is 64.1 Å². The average molecular weight is 272 g/mol. The Labute approximate surface area is 118 Å². The molecular weight excluding hydrogens is 240 g/mol.